The fourth-order valence-corrected chi connectivity index (χ4v) is 4.88. The maximum atomic E-state index is 14.2. The zero-order valence-corrected chi connectivity index (χ0v) is 16.6. The number of aromatic nitrogens is 2. The Hall–Kier alpha value is -1.96. The normalized spacial score (nSPS) is 27.0. The highest BCUT2D eigenvalue weighted by molar-refractivity contribution is 6.31. The molecule has 0 radical (unpaired) electrons. The number of methoxy groups -OCH3 is 2. The van der Waals surface area contributed by atoms with Crippen molar-refractivity contribution in [3.8, 4) is 11.9 Å². The standard InChI is InChI=1S/C20H23ClFN3O3/c1-27-18-14(8-23-19(24-18)28-2)20(26)7-6-12-9-25(11-15(12)20)10-13-16(21)4-3-5-17(13)22/h3-5,8,12,15,26H,6-7,9-11H2,1-2H3/t12-,15+,20+/m0/s1. The Kier molecular flexibility index (Phi) is 5.16. The van der Waals surface area contributed by atoms with Crippen LogP contribution in [-0.2, 0) is 12.1 Å². The van der Waals surface area contributed by atoms with E-state index in [-0.39, 0.29) is 17.7 Å². The van der Waals surface area contributed by atoms with E-state index in [2.05, 4.69) is 14.9 Å². The van der Waals surface area contributed by atoms with E-state index in [4.69, 9.17) is 21.1 Å². The van der Waals surface area contributed by atoms with Crippen LogP contribution in [0.3, 0.4) is 0 Å². The molecule has 1 aliphatic carbocycles. The quantitative estimate of drug-likeness (QED) is 0.821. The van der Waals surface area contributed by atoms with Gasteiger partial charge in [0.2, 0.25) is 5.88 Å². The maximum Gasteiger partial charge on any atom is 0.319 e. The molecule has 1 aromatic carbocycles. The molecule has 0 spiro atoms. The number of rotatable bonds is 5. The summed E-state index contributed by atoms with van der Waals surface area (Å²) in [5.74, 6) is 0.321. The summed E-state index contributed by atoms with van der Waals surface area (Å²) in [6.07, 6.45) is 3.07. The fraction of sp³-hybridized carbons (Fsp3) is 0.500. The molecule has 8 heteroatoms. The van der Waals surface area contributed by atoms with Crippen LogP contribution in [0, 0.1) is 17.7 Å². The summed E-state index contributed by atoms with van der Waals surface area (Å²) >= 11 is 6.19. The summed E-state index contributed by atoms with van der Waals surface area (Å²) in [6, 6.07) is 4.93. The molecule has 150 valence electrons. The third-order valence-electron chi connectivity index (χ3n) is 6.04. The average molecular weight is 408 g/mol. The number of likely N-dealkylation sites (tertiary alicyclic amines) is 1. The Bertz CT molecular complexity index is 864. The van der Waals surface area contributed by atoms with Crippen LogP contribution in [0.5, 0.6) is 11.9 Å². The predicted molar refractivity (Wildman–Crippen MR) is 102 cm³/mol. The molecule has 28 heavy (non-hydrogen) atoms. The second-order valence-corrected chi connectivity index (χ2v) is 7.91. The van der Waals surface area contributed by atoms with E-state index in [0.29, 0.717) is 47.5 Å². The minimum Gasteiger partial charge on any atom is -0.481 e. The van der Waals surface area contributed by atoms with Gasteiger partial charge in [-0.2, -0.15) is 4.98 Å². The minimum atomic E-state index is -1.09. The van der Waals surface area contributed by atoms with Crippen LogP contribution >= 0.6 is 11.6 Å². The number of fused-ring (bicyclic) bond motifs is 1. The molecule has 1 saturated carbocycles. The van der Waals surface area contributed by atoms with Crippen LogP contribution in [-0.4, -0.2) is 47.3 Å². The molecule has 2 heterocycles. The van der Waals surface area contributed by atoms with Crippen molar-refractivity contribution in [1.29, 1.82) is 0 Å². The van der Waals surface area contributed by atoms with E-state index in [0.717, 1.165) is 13.0 Å². The van der Waals surface area contributed by atoms with E-state index < -0.39 is 5.60 Å². The highest BCUT2D eigenvalue weighted by Gasteiger charge is 2.54. The number of halogens is 2. The Morgan fingerprint density at radius 2 is 2.14 bits per heavy atom. The summed E-state index contributed by atoms with van der Waals surface area (Å²) in [7, 11) is 3.00. The largest absolute Gasteiger partial charge is 0.481 e. The molecular formula is C20H23ClFN3O3. The van der Waals surface area contributed by atoms with Crippen molar-refractivity contribution in [3.63, 3.8) is 0 Å². The van der Waals surface area contributed by atoms with Gasteiger partial charge in [-0.15, -0.1) is 0 Å². The highest BCUT2D eigenvalue weighted by Crippen LogP contribution is 2.52. The first-order valence-electron chi connectivity index (χ1n) is 9.29. The first kappa shape index (κ1) is 19.4. The molecule has 3 atom stereocenters. The van der Waals surface area contributed by atoms with Crippen molar-refractivity contribution >= 4 is 11.6 Å². The van der Waals surface area contributed by atoms with Crippen LogP contribution in [0.25, 0.3) is 0 Å². The smallest absolute Gasteiger partial charge is 0.319 e. The van der Waals surface area contributed by atoms with Gasteiger partial charge in [-0.25, -0.2) is 9.37 Å². The van der Waals surface area contributed by atoms with Crippen molar-refractivity contribution in [1.82, 2.24) is 14.9 Å². The SMILES string of the molecule is COc1ncc([C@]2(O)CC[C@H]3CN(Cc4c(F)cccc4Cl)C[C@H]32)c(OC)n1. The van der Waals surface area contributed by atoms with Gasteiger partial charge in [-0.3, -0.25) is 4.90 Å². The van der Waals surface area contributed by atoms with Gasteiger partial charge in [0.05, 0.1) is 19.8 Å². The van der Waals surface area contributed by atoms with Gasteiger partial charge in [0.1, 0.15) is 11.4 Å². The van der Waals surface area contributed by atoms with Crippen LogP contribution < -0.4 is 9.47 Å². The third-order valence-corrected chi connectivity index (χ3v) is 6.40. The molecule has 6 nitrogen and oxygen atoms in total. The second kappa shape index (κ2) is 7.46. The van der Waals surface area contributed by atoms with Crippen molar-refractivity contribution in [2.75, 3.05) is 27.3 Å². The topological polar surface area (TPSA) is 67.7 Å². The maximum absolute atomic E-state index is 14.2. The Labute approximate surface area is 168 Å². The predicted octanol–water partition coefficient (Wildman–Crippen LogP) is 3.02. The van der Waals surface area contributed by atoms with Gasteiger partial charge in [0, 0.05) is 42.3 Å². The highest BCUT2D eigenvalue weighted by atomic mass is 35.5. The van der Waals surface area contributed by atoms with Gasteiger partial charge >= 0.3 is 6.01 Å². The number of nitrogens with zero attached hydrogens (tertiary/aromatic N) is 3. The summed E-state index contributed by atoms with van der Waals surface area (Å²) < 4.78 is 24.6. The molecule has 1 aliphatic heterocycles. The molecule has 2 aliphatic rings. The fourth-order valence-electron chi connectivity index (χ4n) is 4.66. The van der Waals surface area contributed by atoms with Gasteiger partial charge in [0.25, 0.3) is 0 Å². The molecule has 0 bridgehead atoms. The molecule has 2 aromatic rings. The first-order valence-corrected chi connectivity index (χ1v) is 9.67. The van der Waals surface area contributed by atoms with E-state index in [1.807, 2.05) is 0 Å². The number of aliphatic hydroxyl groups is 1. The number of benzene rings is 1. The van der Waals surface area contributed by atoms with Gasteiger partial charge in [-0.05, 0) is 30.9 Å². The lowest BCUT2D eigenvalue weighted by molar-refractivity contribution is -0.00974. The Morgan fingerprint density at radius 3 is 2.86 bits per heavy atom. The lowest BCUT2D eigenvalue weighted by atomic mass is 9.83. The van der Waals surface area contributed by atoms with E-state index in [9.17, 15) is 9.50 Å². The van der Waals surface area contributed by atoms with Crippen LogP contribution in [0.1, 0.15) is 24.0 Å². The van der Waals surface area contributed by atoms with E-state index in [1.54, 1.807) is 18.3 Å². The molecule has 2 fully saturated rings. The molecule has 1 saturated heterocycles. The monoisotopic (exact) mass is 407 g/mol. The molecular weight excluding hydrogens is 385 g/mol. The van der Waals surface area contributed by atoms with E-state index in [1.165, 1.54) is 20.3 Å². The van der Waals surface area contributed by atoms with Gasteiger partial charge < -0.3 is 14.6 Å². The number of hydrogen-bond acceptors (Lipinski definition) is 6. The molecule has 0 amide bonds. The van der Waals surface area contributed by atoms with Crippen LogP contribution in [0.4, 0.5) is 4.39 Å². The average Bonchev–Trinajstić information content (AvgIpc) is 3.24. The third kappa shape index (κ3) is 3.21. The lowest BCUT2D eigenvalue weighted by Crippen LogP contribution is -2.35. The number of ether oxygens (including phenoxy) is 2. The van der Waals surface area contributed by atoms with Crippen molar-refractivity contribution in [3.05, 3.63) is 46.4 Å². The summed E-state index contributed by atoms with van der Waals surface area (Å²) in [5, 5.41) is 12.0. The Morgan fingerprint density at radius 1 is 1.32 bits per heavy atom. The minimum absolute atomic E-state index is 0.0102. The lowest BCUT2D eigenvalue weighted by Gasteiger charge is -2.31. The summed E-state index contributed by atoms with van der Waals surface area (Å²) in [5.41, 5.74) is -0.0112. The summed E-state index contributed by atoms with van der Waals surface area (Å²) in [6.45, 7) is 1.85. The second-order valence-electron chi connectivity index (χ2n) is 7.50. The van der Waals surface area contributed by atoms with Crippen molar-refractivity contribution in [2.45, 2.75) is 25.0 Å². The summed E-state index contributed by atoms with van der Waals surface area (Å²) in [4.78, 5) is 10.5. The molecule has 1 N–H and O–H groups in total. The van der Waals surface area contributed by atoms with E-state index >= 15 is 0 Å². The number of hydrogen-bond donors (Lipinski definition) is 1. The molecule has 1 aromatic heterocycles. The van der Waals surface area contributed by atoms with Crippen LogP contribution in [0.15, 0.2) is 24.4 Å². The van der Waals surface area contributed by atoms with Gasteiger partial charge in [-0.1, -0.05) is 17.7 Å². The molecule has 0 unspecified atom stereocenters. The van der Waals surface area contributed by atoms with Crippen molar-refractivity contribution in [2.24, 2.45) is 11.8 Å². The van der Waals surface area contributed by atoms with Gasteiger partial charge in [0.15, 0.2) is 0 Å². The van der Waals surface area contributed by atoms with Crippen molar-refractivity contribution < 1.29 is 19.0 Å². The Balaban J connectivity index is 1.58. The first-order chi connectivity index (χ1) is 13.5. The zero-order chi connectivity index (χ0) is 19.9. The van der Waals surface area contributed by atoms with Crippen LogP contribution in [0.2, 0.25) is 5.02 Å². The zero-order valence-electron chi connectivity index (χ0n) is 15.9. The molecule has 4 rings (SSSR count).